The van der Waals surface area contributed by atoms with Gasteiger partial charge in [-0.3, -0.25) is 9.69 Å². The zero-order chi connectivity index (χ0) is 24.5. The molecular formula is C27H31ClN6O. The van der Waals surface area contributed by atoms with Crippen molar-refractivity contribution < 1.29 is 4.79 Å². The predicted molar refractivity (Wildman–Crippen MR) is 141 cm³/mol. The minimum Gasteiger partial charge on any atom is -0.355 e. The Morgan fingerprint density at radius 3 is 2.54 bits per heavy atom. The normalized spacial score (nSPS) is 19.2. The van der Waals surface area contributed by atoms with E-state index in [9.17, 15) is 4.79 Å². The molecule has 8 heteroatoms. The van der Waals surface area contributed by atoms with Crippen molar-refractivity contribution in [2.24, 2.45) is 0 Å². The van der Waals surface area contributed by atoms with E-state index >= 15 is 0 Å². The molecule has 182 valence electrons. The van der Waals surface area contributed by atoms with Crippen LogP contribution in [0.5, 0.6) is 0 Å². The lowest BCUT2D eigenvalue weighted by molar-refractivity contribution is 0.0964. The van der Waals surface area contributed by atoms with E-state index in [4.69, 9.17) is 11.6 Å². The molecule has 0 spiro atoms. The number of rotatable bonds is 6. The molecule has 35 heavy (non-hydrogen) atoms. The monoisotopic (exact) mass is 490 g/mol. The molecule has 3 aromatic rings. The number of hydrogen-bond donors (Lipinski definition) is 3. The van der Waals surface area contributed by atoms with Gasteiger partial charge in [-0.25, -0.2) is 4.98 Å². The summed E-state index contributed by atoms with van der Waals surface area (Å²) < 4.78 is 0. The van der Waals surface area contributed by atoms with Gasteiger partial charge in [0.2, 0.25) is 5.95 Å². The van der Waals surface area contributed by atoms with Crippen LogP contribution in [-0.2, 0) is 0 Å². The second kappa shape index (κ2) is 9.84. The fraction of sp³-hybridized carbons (Fsp3) is 0.370. The lowest BCUT2D eigenvalue weighted by atomic mass is 9.78. The number of anilines is 4. The molecule has 2 bridgehead atoms. The first-order chi connectivity index (χ1) is 16.9. The van der Waals surface area contributed by atoms with Gasteiger partial charge in [0.1, 0.15) is 5.02 Å². The predicted octanol–water partition coefficient (Wildman–Crippen LogP) is 5.66. The quantitative estimate of drug-likeness (QED) is 0.413. The number of nitrogens with zero attached hydrogens (tertiary/aromatic N) is 3. The highest BCUT2D eigenvalue weighted by Gasteiger charge is 2.34. The van der Waals surface area contributed by atoms with E-state index in [0.717, 1.165) is 18.8 Å². The van der Waals surface area contributed by atoms with E-state index in [1.807, 2.05) is 18.2 Å². The third-order valence-corrected chi connectivity index (χ3v) is 7.40. The molecule has 0 saturated carbocycles. The zero-order valence-electron chi connectivity index (χ0n) is 20.3. The molecule has 3 heterocycles. The minimum absolute atomic E-state index is 0.188. The Balaban J connectivity index is 1.39. The van der Waals surface area contributed by atoms with Crippen molar-refractivity contribution in [3.63, 3.8) is 0 Å². The van der Waals surface area contributed by atoms with Crippen LogP contribution in [0.1, 0.15) is 60.0 Å². The van der Waals surface area contributed by atoms with E-state index < -0.39 is 0 Å². The maximum Gasteiger partial charge on any atom is 0.253 e. The first kappa shape index (κ1) is 23.6. The maximum absolute atomic E-state index is 12.2. The Morgan fingerprint density at radius 2 is 1.80 bits per heavy atom. The van der Waals surface area contributed by atoms with Gasteiger partial charge < -0.3 is 16.0 Å². The Bertz CT molecular complexity index is 1250. The molecule has 3 N–H and O–H groups in total. The number of carbonyl (C=O) groups excluding carboxylic acids is 1. The molecule has 2 atom stereocenters. The third-order valence-electron chi connectivity index (χ3n) is 7.12. The fourth-order valence-corrected chi connectivity index (χ4v) is 5.37. The number of halogens is 1. The number of para-hydroxylation sites is 1. The van der Waals surface area contributed by atoms with E-state index in [1.165, 1.54) is 24.0 Å². The van der Waals surface area contributed by atoms with Gasteiger partial charge in [0, 0.05) is 31.9 Å². The minimum atomic E-state index is -0.188. The highest BCUT2D eigenvalue weighted by Crippen LogP contribution is 2.44. The van der Waals surface area contributed by atoms with Crippen molar-refractivity contribution in [3.05, 3.63) is 70.4 Å². The SMILES string of the molecule is CNC(=O)c1ccccc1Nc1nc(Nc2ccc3c(c2)C2CCC3CN(C(C)C)C2)ncc1Cl. The topological polar surface area (TPSA) is 82.2 Å². The van der Waals surface area contributed by atoms with Gasteiger partial charge in [0.25, 0.3) is 5.91 Å². The van der Waals surface area contributed by atoms with Crippen LogP contribution >= 0.6 is 11.6 Å². The van der Waals surface area contributed by atoms with Gasteiger partial charge in [-0.2, -0.15) is 4.98 Å². The van der Waals surface area contributed by atoms with E-state index in [-0.39, 0.29) is 5.91 Å². The Labute approximate surface area is 211 Å². The van der Waals surface area contributed by atoms with Crippen LogP contribution in [0.3, 0.4) is 0 Å². The largest absolute Gasteiger partial charge is 0.355 e. The Kier molecular flexibility index (Phi) is 6.62. The molecule has 0 radical (unpaired) electrons. The van der Waals surface area contributed by atoms with Crippen LogP contribution < -0.4 is 16.0 Å². The van der Waals surface area contributed by atoms with Crippen LogP contribution in [0.4, 0.5) is 23.1 Å². The van der Waals surface area contributed by atoms with Crippen molar-refractivity contribution in [1.82, 2.24) is 20.2 Å². The van der Waals surface area contributed by atoms with Crippen LogP contribution in [0.2, 0.25) is 5.02 Å². The van der Waals surface area contributed by atoms with Crippen molar-refractivity contribution in [3.8, 4) is 0 Å². The van der Waals surface area contributed by atoms with E-state index in [1.54, 1.807) is 19.3 Å². The van der Waals surface area contributed by atoms with Crippen molar-refractivity contribution in [2.45, 2.75) is 44.6 Å². The molecule has 1 aromatic heterocycles. The summed E-state index contributed by atoms with van der Waals surface area (Å²) in [5.74, 6) is 1.84. The summed E-state index contributed by atoms with van der Waals surface area (Å²) in [4.78, 5) is 23.8. The second-order valence-electron chi connectivity index (χ2n) is 9.63. The van der Waals surface area contributed by atoms with Gasteiger partial charge >= 0.3 is 0 Å². The number of nitrogens with one attached hydrogen (secondary N) is 3. The first-order valence-electron chi connectivity index (χ1n) is 12.2. The summed E-state index contributed by atoms with van der Waals surface area (Å²) in [6.07, 6.45) is 4.06. The highest BCUT2D eigenvalue weighted by molar-refractivity contribution is 6.33. The van der Waals surface area contributed by atoms with Crippen molar-refractivity contribution in [2.75, 3.05) is 30.8 Å². The lowest BCUT2D eigenvalue weighted by Gasteiger charge is -2.27. The van der Waals surface area contributed by atoms with Gasteiger partial charge in [-0.15, -0.1) is 0 Å². The third kappa shape index (κ3) is 4.83. The molecular weight excluding hydrogens is 460 g/mol. The summed E-state index contributed by atoms with van der Waals surface area (Å²) in [7, 11) is 1.60. The van der Waals surface area contributed by atoms with Crippen LogP contribution in [0.15, 0.2) is 48.7 Å². The summed E-state index contributed by atoms with van der Waals surface area (Å²) in [6.45, 7) is 6.83. The summed E-state index contributed by atoms with van der Waals surface area (Å²) in [5, 5.41) is 9.57. The number of carbonyl (C=O) groups is 1. The van der Waals surface area contributed by atoms with Gasteiger partial charge in [-0.05, 0) is 73.9 Å². The molecule has 2 aromatic carbocycles. The smallest absolute Gasteiger partial charge is 0.253 e. The lowest BCUT2D eigenvalue weighted by Crippen LogP contribution is -2.33. The summed E-state index contributed by atoms with van der Waals surface area (Å²) >= 11 is 6.39. The average Bonchev–Trinajstić information content (AvgIpc) is 3.18. The maximum atomic E-state index is 12.2. The molecule has 3 aliphatic rings. The zero-order valence-corrected chi connectivity index (χ0v) is 21.1. The van der Waals surface area contributed by atoms with Crippen LogP contribution in [-0.4, -0.2) is 47.0 Å². The van der Waals surface area contributed by atoms with Crippen molar-refractivity contribution in [1.29, 1.82) is 0 Å². The van der Waals surface area contributed by atoms with Gasteiger partial charge in [0.15, 0.2) is 5.82 Å². The summed E-state index contributed by atoms with van der Waals surface area (Å²) in [5.41, 5.74) is 5.03. The van der Waals surface area contributed by atoms with Crippen molar-refractivity contribution >= 4 is 40.6 Å². The number of fused-ring (bicyclic) bond motifs is 3. The summed E-state index contributed by atoms with van der Waals surface area (Å²) in [6, 6.07) is 14.5. The first-order valence-corrected chi connectivity index (χ1v) is 12.6. The van der Waals surface area contributed by atoms with E-state index in [2.05, 4.69) is 62.9 Å². The number of hydrogen-bond acceptors (Lipinski definition) is 6. The highest BCUT2D eigenvalue weighted by atomic mass is 35.5. The Morgan fingerprint density at radius 1 is 1.06 bits per heavy atom. The molecule has 1 saturated heterocycles. The van der Waals surface area contributed by atoms with Crippen LogP contribution in [0, 0.1) is 0 Å². The average molecular weight is 491 g/mol. The molecule has 7 nitrogen and oxygen atoms in total. The van der Waals surface area contributed by atoms with Gasteiger partial charge in [-0.1, -0.05) is 29.8 Å². The molecule has 1 fully saturated rings. The number of amides is 1. The Hall–Kier alpha value is -3.16. The fourth-order valence-electron chi connectivity index (χ4n) is 5.23. The molecule has 1 aliphatic carbocycles. The molecule has 1 amide bonds. The molecule has 2 unspecified atom stereocenters. The van der Waals surface area contributed by atoms with Crippen LogP contribution in [0.25, 0.3) is 0 Å². The number of benzene rings is 2. The standard InChI is InChI=1S/C27H31ClN6O/c1-16(2)34-14-17-8-9-18(15-34)22-12-19(10-11-20(17)22)31-27-30-13-23(28)25(33-27)32-24-7-5-4-6-21(24)26(35)29-3/h4-7,10-13,16-18H,8-9,14-15H2,1-3H3,(H,29,35)(H2,30,31,32,33). The molecule has 6 rings (SSSR count). The second-order valence-corrected chi connectivity index (χ2v) is 10.0. The van der Waals surface area contributed by atoms with Gasteiger partial charge in [0.05, 0.1) is 17.4 Å². The number of aromatic nitrogens is 2. The van der Waals surface area contributed by atoms with E-state index in [0.29, 0.717) is 45.9 Å². The molecule has 2 aliphatic heterocycles.